The molecule has 1 aromatic carbocycles. The molecule has 0 aliphatic carbocycles. The zero-order valence-electron chi connectivity index (χ0n) is 10.9. The Morgan fingerprint density at radius 3 is 2.60 bits per heavy atom. The van der Waals surface area contributed by atoms with E-state index in [1.807, 2.05) is 0 Å². The summed E-state index contributed by atoms with van der Waals surface area (Å²) in [6.45, 7) is 0.475. The van der Waals surface area contributed by atoms with Gasteiger partial charge in [-0.25, -0.2) is 9.37 Å². The fraction of sp³-hybridized carbons (Fsp3) is 0.143. The first-order chi connectivity index (χ1) is 9.67. The summed E-state index contributed by atoms with van der Waals surface area (Å²) in [5.74, 6) is 0.597. The predicted octanol–water partition coefficient (Wildman–Crippen LogP) is 2.21. The number of imidazole rings is 1. The number of hydrogen-bond donors (Lipinski definition) is 1. The van der Waals surface area contributed by atoms with E-state index in [4.69, 9.17) is 10.5 Å². The maximum Gasteiger partial charge on any atom is 0.215 e. The third-order valence-corrected chi connectivity index (χ3v) is 3.06. The molecule has 0 aliphatic rings. The second kappa shape index (κ2) is 4.80. The summed E-state index contributed by atoms with van der Waals surface area (Å²) >= 11 is 0. The van der Waals surface area contributed by atoms with Crippen molar-refractivity contribution in [3.8, 4) is 5.88 Å². The first kappa shape index (κ1) is 12.4. The summed E-state index contributed by atoms with van der Waals surface area (Å²) in [7, 11) is 1.55. The van der Waals surface area contributed by atoms with Crippen LogP contribution in [0.25, 0.3) is 11.2 Å². The van der Waals surface area contributed by atoms with E-state index in [1.165, 1.54) is 12.1 Å². The zero-order chi connectivity index (χ0) is 14.1. The molecule has 6 heteroatoms. The SMILES string of the molecule is COc1ccc2nc(N)n(Cc3ccc(F)cc3)c2n1. The summed E-state index contributed by atoms with van der Waals surface area (Å²) in [6.07, 6.45) is 0. The number of benzene rings is 1. The first-order valence-electron chi connectivity index (χ1n) is 6.08. The number of aromatic nitrogens is 3. The van der Waals surface area contributed by atoms with Crippen molar-refractivity contribution < 1.29 is 9.13 Å². The van der Waals surface area contributed by atoms with Crippen molar-refractivity contribution in [2.24, 2.45) is 0 Å². The minimum absolute atomic E-state index is 0.267. The summed E-state index contributed by atoms with van der Waals surface area (Å²) in [5, 5.41) is 0. The largest absolute Gasteiger partial charge is 0.481 e. The molecule has 0 unspecified atom stereocenters. The lowest BCUT2D eigenvalue weighted by atomic mass is 10.2. The van der Waals surface area contributed by atoms with Crippen LogP contribution in [0.4, 0.5) is 10.3 Å². The van der Waals surface area contributed by atoms with E-state index in [0.717, 1.165) is 5.56 Å². The molecule has 0 saturated heterocycles. The fourth-order valence-corrected chi connectivity index (χ4v) is 2.04. The van der Waals surface area contributed by atoms with Gasteiger partial charge in [0.25, 0.3) is 0 Å². The number of pyridine rings is 1. The average molecular weight is 272 g/mol. The van der Waals surface area contributed by atoms with Gasteiger partial charge in [0.2, 0.25) is 11.8 Å². The van der Waals surface area contributed by atoms with Gasteiger partial charge in [-0.15, -0.1) is 0 Å². The minimum Gasteiger partial charge on any atom is -0.481 e. The Morgan fingerprint density at radius 1 is 1.15 bits per heavy atom. The Labute approximate surface area is 114 Å². The van der Waals surface area contributed by atoms with Gasteiger partial charge >= 0.3 is 0 Å². The number of halogens is 1. The molecule has 0 fully saturated rings. The predicted molar refractivity (Wildman–Crippen MR) is 74.0 cm³/mol. The summed E-state index contributed by atoms with van der Waals surface area (Å²) in [5.41, 5.74) is 8.18. The summed E-state index contributed by atoms with van der Waals surface area (Å²) in [6, 6.07) is 9.79. The molecule has 3 aromatic rings. The highest BCUT2D eigenvalue weighted by Gasteiger charge is 2.11. The Bertz CT molecular complexity index is 752. The fourth-order valence-electron chi connectivity index (χ4n) is 2.04. The van der Waals surface area contributed by atoms with Gasteiger partial charge in [-0.3, -0.25) is 4.57 Å². The lowest BCUT2D eigenvalue weighted by Crippen LogP contribution is -2.05. The van der Waals surface area contributed by atoms with Crippen molar-refractivity contribution in [3.63, 3.8) is 0 Å². The van der Waals surface area contributed by atoms with Crippen LogP contribution in [0, 0.1) is 5.82 Å². The third kappa shape index (κ3) is 2.16. The van der Waals surface area contributed by atoms with Gasteiger partial charge in [-0.05, 0) is 23.8 Å². The van der Waals surface area contributed by atoms with Gasteiger partial charge in [0, 0.05) is 6.07 Å². The number of methoxy groups -OCH3 is 1. The molecule has 2 aromatic heterocycles. The van der Waals surface area contributed by atoms with Crippen LogP contribution in [0.5, 0.6) is 5.88 Å². The highest BCUT2D eigenvalue weighted by atomic mass is 19.1. The number of fused-ring (bicyclic) bond motifs is 1. The Kier molecular flexibility index (Phi) is 2.98. The van der Waals surface area contributed by atoms with E-state index in [0.29, 0.717) is 29.5 Å². The van der Waals surface area contributed by atoms with E-state index in [1.54, 1.807) is 35.9 Å². The van der Waals surface area contributed by atoms with Crippen molar-refractivity contribution in [1.82, 2.24) is 14.5 Å². The van der Waals surface area contributed by atoms with Gasteiger partial charge in [0.1, 0.15) is 11.3 Å². The van der Waals surface area contributed by atoms with Crippen LogP contribution in [0.1, 0.15) is 5.56 Å². The third-order valence-electron chi connectivity index (χ3n) is 3.06. The maximum atomic E-state index is 12.9. The van der Waals surface area contributed by atoms with Crippen LogP contribution >= 0.6 is 0 Å². The maximum absolute atomic E-state index is 12.9. The monoisotopic (exact) mass is 272 g/mol. The van der Waals surface area contributed by atoms with Crippen molar-refractivity contribution in [2.45, 2.75) is 6.54 Å². The highest BCUT2D eigenvalue weighted by Crippen LogP contribution is 2.20. The molecule has 0 bridgehead atoms. The second-order valence-corrected chi connectivity index (χ2v) is 4.38. The van der Waals surface area contributed by atoms with Crippen molar-refractivity contribution in [3.05, 3.63) is 47.8 Å². The van der Waals surface area contributed by atoms with Crippen LogP contribution in [0.2, 0.25) is 0 Å². The van der Waals surface area contributed by atoms with E-state index < -0.39 is 0 Å². The second-order valence-electron chi connectivity index (χ2n) is 4.38. The molecule has 3 rings (SSSR count). The van der Waals surface area contributed by atoms with E-state index >= 15 is 0 Å². The quantitative estimate of drug-likeness (QED) is 0.794. The Balaban J connectivity index is 2.05. The van der Waals surface area contributed by atoms with Crippen LogP contribution < -0.4 is 10.5 Å². The molecule has 0 aliphatic heterocycles. The number of ether oxygens (including phenoxy) is 1. The normalized spacial score (nSPS) is 10.9. The van der Waals surface area contributed by atoms with E-state index in [9.17, 15) is 4.39 Å². The lowest BCUT2D eigenvalue weighted by Gasteiger charge is -2.06. The number of rotatable bonds is 3. The minimum atomic E-state index is -0.267. The molecule has 2 N–H and O–H groups in total. The van der Waals surface area contributed by atoms with E-state index in [-0.39, 0.29) is 5.82 Å². The molecular weight excluding hydrogens is 259 g/mol. The zero-order valence-corrected chi connectivity index (χ0v) is 10.9. The van der Waals surface area contributed by atoms with Gasteiger partial charge in [-0.1, -0.05) is 12.1 Å². The topological polar surface area (TPSA) is 66.0 Å². The first-order valence-corrected chi connectivity index (χ1v) is 6.08. The van der Waals surface area contributed by atoms with E-state index in [2.05, 4.69) is 9.97 Å². The molecule has 0 spiro atoms. The standard InChI is InChI=1S/C14H13FN4O/c1-20-12-7-6-11-13(18-12)19(14(16)17-11)8-9-2-4-10(15)5-3-9/h2-7H,8H2,1H3,(H2,16,17). The molecule has 0 amide bonds. The smallest absolute Gasteiger partial charge is 0.215 e. The summed E-state index contributed by atoms with van der Waals surface area (Å²) < 4.78 is 19.8. The molecule has 102 valence electrons. The molecular formula is C14H13FN4O. The number of hydrogen-bond acceptors (Lipinski definition) is 4. The van der Waals surface area contributed by atoms with Crippen LogP contribution in [0.15, 0.2) is 36.4 Å². The van der Waals surface area contributed by atoms with Crippen LogP contribution in [-0.4, -0.2) is 21.6 Å². The van der Waals surface area contributed by atoms with Gasteiger partial charge in [-0.2, -0.15) is 4.98 Å². The molecule has 0 radical (unpaired) electrons. The molecule has 0 saturated carbocycles. The van der Waals surface area contributed by atoms with Gasteiger partial charge in [0.05, 0.1) is 13.7 Å². The lowest BCUT2D eigenvalue weighted by molar-refractivity contribution is 0.399. The number of nitrogens with zero attached hydrogens (tertiary/aromatic N) is 3. The van der Waals surface area contributed by atoms with Crippen LogP contribution in [0.3, 0.4) is 0 Å². The van der Waals surface area contributed by atoms with Crippen molar-refractivity contribution in [2.75, 3.05) is 12.8 Å². The molecule has 0 atom stereocenters. The molecule has 5 nitrogen and oxygen atoms in total. The number of anilines is 1. The number of nitrogens with two attached hydrogens (primary N) is 1. The summed E-state index contributed by atoms with van der Waals surface area (Å²) in [4.78, 5) is 8.60. The Morgan fingerprint density at radius 2 is 1.90 bits per heavy atom. The van der Waals surface area contributed by atoms with Crippen LogP contribution in [-0.2, 0) is 6.54 Å². The molecule has 20 heavy (non-hydrogen) atoms. The highest BCUT2D eigenvalue weighted by molar-refractivity contribution is 5.74. The van der Waals surface area contributed by atoms with Crippen molar-refractivity contribution in [1.29, 1.82) is 0 Å². The average Bonchev–Trinajstić information content (AvgIpc) is 2.77. The van der Waals surface area contributed by atoms with Gasteiger partial charge < -0.3 is 10.5 Å². The van der Waals surface area contributed by atoms with Crippen molar-refractivity contribution >= 4 is 17.1 Å². The molecule has 2 heterocycles. The van der Waals surface area contributed by atoms with Gasteiger partial charge in [0.15, 0.2) is 5.65 Å². The number of nitrogen functional groups attached to an aromatic ring is 1. The Hall–Kier alpha value is -2.63.